The number of hydrogen-bond donors (Lipinski definition) is 1. The number of carbonyl (C=O) groups is 1. The van der Waals surface area contributed by atoms with E-state index in [0.717, 1.165) is 17.5 Å². The Labute approximate surface area is 129 Å². The second-order valence-electron chi connectivity index (χ2n) is 5.65. The maximum Gasteiger partial charge on any atom is 0.290 e. The number of hydrogen-bond acceptors (Lipinski definition) is 3. The number of nitrogens with zero attached hydrogens (tertiary/aromatic N) is 1. The van der Waals surface area contributed by atoms with E-state index in [1.54, 1.807) is 6.07 Å². The Hall–Kier alpha value is -1.52. The van der Waals surface area contributed by atoms with Gasteiger partial charge in [-0.15, -0.1) is 0 Å². The fraction of sp³-hybridized carbons (Fsp3) is 0.438. The van der Waals surface area contributed by atoms with E-state index in [-0.39, 0.29) is 18.0 Å². The minimum absolute atomic E-state index is 0.0550. The molecule has 1 aliphatic rings. The summed E-state index contributed by atoms with van der Waals surface area (Å²) in [7, 11) is 0. The van der Waals surface area contributed by atoms with E-state index in [0.29, 0.717) is 22.9 Å². The molecule has 2 atom stereocenters. The normalized spacial score (nSPS) is 22.8. The standard InChI is InChI=1S/C16H19ClN2O2/c1-9-12-5-4-6-13(17)15(12)21-14(9)16(20)19-8-7-18-10(2)11(19)3/h4-6,10-11,18H,7-8H2,1-3H3. The van der Waals surface area contributed by atoms with Gasteiger partial charge in [0.1, 0.15) is 0 Å². The Balaban J connectivity index is 2.02. The smallest absolute Gasteiger partial charge is 0.290 e. The fourth-order valence-corrected chi connectivity index (χ4v) is 3.10. The van der Waals surface area contributed by atoms with E-state index in [9.17, 15) is 4.79 Å². The van der Waals surface area contributed by atoms with Gasteiger partial charge in [-0.05, 0) is 26.8 Å². The number of aryl methyl sites for hydroxylation is 1. The van der Waals surface area contributed by atoms with Crippen LogP contribution in [0.4, 0.5) is 0 Å². The van der Waals surface area contributed by atoms with Gasteiger partial charge in [0.15, 0.2) is 11.3 Å². The Morgan fingerprint density at radius 3 is 2.90 bits per heavy atom. The van der Waals surface area contributed by atoms with E-state index >= 15 is 0 Å². The molecule has 1 aromatic heterocycles. The number of carbonyl (C=O) groups excluding carboxylic acids is 1. The third-order valence-electron chi connectivity index (χ3n) is 4.41. The lowest BCUT2D eigenvalue weighted by Crippen LogP contribution is -2.57. The predicted molar refractivity (Wildman–Crippen MR) is 83.9 cm³/mol. The molecule has 0 bridgehead atoms. The molecule has 1 saturated heterocycles. The van der Waals surface area contributed by atoms with Gasteiger partial charge in [-0.25, -0.2) is 0 Å². The molecule has 4 nitrogen and oxygen atoms in total. The largest absolute Gasteiger partial charge is 0.449 e. The van der Waals surface area contributed by atoms with Crippen LogP contribution in [0.2, 0.25) is 5.02 Å². The molecule has 2 unspecified atom stereocenters. The van der Waals surface area contributed by atoms with Crippen LogP contribution in [0.15, 0.2) is 22.6 Å². The molecule has 21 heavy (non-hydrogen) atoms. The van der Waals surface area contributed by atoms with E-state index in [1.165, 1.54) is 0 Å². The lowest BCUT2D eigenvalue weighted by atomic mass is 10.1. The molecule has 1 N–H and O–H groups in total. The van der Waals surface area contributed by atoms with Crippen LogP contribution >= 0.6 is 11.6 Å². The van der Waals surface area contributed by atoms with E-state index in [1.807, 2.05) is 24.0 Å². The van der Waals surface area contributed by atoms with Crippen molar-refractivity contribution in [1.29, 1.82) is 0 Å². The summed E-state index contributed by atoms with van der Waals surface area (Å²) in [5.74, 6) is 0.347. The van der Waals surface area contributed by atoms with Gasteiger partial charge < -0.3 is 14.6 Å². The van der Waals surface area contributed by atoms with Crippen molar-refractivity contribution in [3.8, 4) is 0 Å². The van der Waals surface area contributed by atoms with Gasteiger partial charge in [0.05, 0.1) is 5.02 Å². The van der Waals surface area contributed by atoms with Crippen molar-refractivity contribution >= 4 is 28.5 Å². The van der Waals surface area contributed by atoms with Crippen molar-refractivity contribution < 1.29 is 9.21 Å². The average Bonchev–Trinajstić information content (AvgIpc) is 2.80. The van der Waals surface area contributed by atoms with Gasteiger partial charge in [-0.1, -0.05) is 23.7 Å². The first-order valence-electron chi connectivity index (χ1n) is 7.22. The van der Waals surface area contributed by atoms with Crippen LogP contribution in [0.3, 0.4) is 0 Å². The highest BCUT2D eigenvalue weighted by molar-refractivity contribution is 6.35. The number of furan rings is 1. The molecule has 0 aliphatic carbocycles. The molecule has 0 radical (unpaired) electrons. The molecule has 1 amide bonds. The number of halogens is 1. The Morgan fingerprint density at radius 2 is 2.19 bits per heavy atom. The number of piperazine rings is 1. The minimum atomic E-state index is -0.0550. The summed E-state index contributed by atoms with van der Waals surface area (Å²) in [6, 6.07) is 5.99. The molecule has 3 rings (SSSR count). The van der Waals surface area contributed by atoms with Crippen molar-refractivity contribution in [2.45, 2.75) is 32.9 Å². The van der Waals surface area contributed by atoms with Crippen LogP contribution in [0.25, 0.3) is 11.0 Å². The highest BCUT2D eigenvalue weighted by Gasteiger charge is 2.31. The molecular formula is C16H19ClN2O2. The molecule has 112 valence electrons. The first-order chi connectivity index (χ1) is 10.0. The van der Waals surface area contributed by atoms with Crippen molar-refractivity contribution in [1.82, 2.24) is 10.2 Å². The van der Waals surface area contributed by atoms with Gasteiger partial charge in [0.25, 0.3) is 5.91 Å². The molecule has 0 saturated carbocycles. The third kappa shape index (κ3) is 2.32. The molecule has 1 aliphatic heterocycles. The lowest BCUT2D eigenvalue weighted by Gasteiger charge is -2.38. The maximum atomic E-state index is 12.8. The van der Waals surface area contributed by atoms with Crippen molar-refractivity contribution in [3.05, 3.63) is 34.5 Å². The monoisotopic (exact) mass is 306 g/mol. The van der Waals surface area contributed by atoms with Crippen LogP contribution in [0.1, 0.15) is 30.0 Å². The summed E-state index contributed by atoms with van der Waals surface area (Å²) in [6.45, 7) is 7.55. The number of amides is 1. The summed E-state index contributed by atoms with van der Waals surface area (Å²) in [5, 5.41) is 4.82. The zero-order chi connectivity index (χ0) is 15.1. The van der Waals surface area contributed by atoms with Crippen LogP contribution < -0.4 is 5.32 Å². The average molecular weight is 307 g/mol. The number of nitrogens with one attached hydrogen (secondary N) is 1. The second kappa shape index (κ2) is 5.35. The van der Waals surface area contributed by atoms with Crippen molar-refractivity contribution in [2.75, 3.05) is 13.1 Å². The zero-order valence-electron chi connectivity index (χ0n) is 12.4. The van der Waals surface area contributed by atoms with Crippen LogP contribution in [-0.2, 0) is 0 Å². The Kier molecular flexibility index (Phi) is 3.68. The molecule has 5 heteroatoms. The highest BCUT2D eigenvalue weighted by atomic mass is 35.5. The zero-order valence-corrected chi connectivity index (χ0v) is 13.2. The van der Waals surface area contributed by atoms with Gasteiger partial charge >= 0.3 is 0 Å². The highest BCUT2D eigenvalue weighted by Crippen LogP contribution is 2.31. The van der Waals surface area contributed by atoms with E-state index in [4.69, 9.17) is 16.0 Å². The first-order valence-corrected chi connectivity index (χ1v) is 7.60. The van der Waals surface area contributed by atoms with E-state index in [2.05, 4.69) is 19.2 Å². The van der Waals surface area contributed by atoms with Gasteiger partial charge in [0.2, 0.25) is 0 Å². The predicted octanol–water partition coefficient (Wildman–Crippen LogP) is 3.22. The SMILES string of the molecule is Cc1c(C(=O)N2CCNC(C)C2C)oc2c(Cl)cccc12. The summed E-state index contributed by atoms with van der Waals surface area (Å²) in [4.78, 5) is 14.7. The Bertz CT molecular complexity index is 695. The van der Waals surface area contributed by atoms with Crippen LogP contribution in [0.5, 0.6) is 0 Å². The summed E-state index contributed by atoms with van der Waals surface area (Å²) < 4.78 is 5.78. The molecule has 1 fully saturated rings. The lowest BCUT2D eigenvalue weighted by molar-refractivity contribution is 0.0572. The summed E-state index contributed by atoms with van der Waals surface area (Å²) in [5.41, 5.74) is 1.45. The van der Waals surface area contributed by atoms with Crippen molar-refractivity contribution in [3.63, 3.8) is 0 Å². The molecule has 0 spiro atoms. The maximum absolute atomic E-state index is 12.8. The van der Waals surface area contributed by atoms with Crippen LogP contribution in [-0.4, -0.2) is 36.0 Å². The quantitative estimate of drug-likeness (QED) is 0.880. The molecule has 1 aromatic carbocycles. The first kappa shape index (κ1) is 14.4. The third-order valence-corrected chi connectivity index (χ3v) is 4.70. The van der Waals surface area contributed by atoms with Crippen LogP contribution in [0, 0.1) is 6.92 Å². The summed E-state index contributed by atoms with van der Waals surface area (Å²) >= 11 is 6.16. The second-order valence-corrected chi connectivity index (χ2v) is 6.06. The molecule has 2 aromatic rings. The van der Waals surface area contributed by atoms with Crippen molar-refractivity contribution in [2.24, 2.45) is 0 Å². The Morgan fingerprint density at radius 1 is 1.43 bits per heavy atom. The molecular weight excluding hydrogens is 288 g/mol. The summed E-state index contributed by atoms with van der Waals surface area (Å²) in [6.07, 6.45) is 0. The number of benzene rings is 1. The molecule has 2 heterocycles. The fourth-order valence-electron chi connectivity index (χ4n) is 2.89. The number of rotatable bonds is 1. The van der Waals surface area contributed by atoms with E-state index < -0.39 is 0 Å². The van der Waals surface area contributed by atoms with Gasteiger partial charge in [0, 0.05) is 36.1 Å². The minimum Gasteiger partial charge on any atom is -0.449 e. The topological polar surface area (TPSA) is 45.5 Å². The van der Waals surface area contributed by atoms with Gasteiger partial charge in [-0.2, -0.15) is 0 Å². The number of fused-ring (bicyclic) bond motifs is 1. The number of para-hydroxylation sites is 1. The van der Waals surface area contributed by atoms with Gasteiger partial charge in [-0.3, -0.25) is 4.79 Å².